The fourth-order valence-corrected chi connectivity index (χ4v) is 1.95. The lowest BCUT2D eigenvalue weighted by Gasteiger charge is -2.20. The molecular weight excluding hydrogens is 232 g/mol. The first-order valence-electron chi connectivity index (χ1n) is 5.92. The molecule has 0 unspecified atom stereocenters. The Hall–Kier alpha value is -2.11. The fourth-order valence-electron chi connectivity index (χ4n) is 1.95. The predicted octanol–water partition coefficient (Wildman–Crippen LogP) is 1.58. The molecule has 0 aliphatic heterocycles. The van der Waals surface area contributed by atoms with Crippen LogP contribution in [0.5, 0.6) is 0 Å². The van der Waals surface area contributed by atoms with Gasteiger partial charge < -0.3 is 10.0 Å². The lowest BCUT2D eigenvalue weighted by molar-refractivity contribution is 0.0690. The van der Waals surface area contributed by atoms with E-state index in [1.54, 1.807) is 16.8 Å². The number of carboxylic acids is 1. The van der Waals surface area contributed by atoms with E-state index in [1.165, 1.54) is 0 Å². The van der Waals surface area contributed by atoms with E-state index < -0.39 is 5.97 Å². The Kier molecular flexibility index (Phi) is 3.18. The molecule has 18 heavy (non-hydrogen) atoms. The highest BCUT2D eigenvalue weighted by Crippen LogP contribution is 2.20. The molecule has 0 saturated heterocycles. The van der Waals surface area contributed by atoms with Crippen LogP contribution in [-0.4, -0.2) is 38.8 Å². The third-order valence-corrected chi connectivity index (χ3v) is 2.84. The van der Waals surface area contributed by atoms with E-state index in [4.69, 9.17) is 5.11 Å². The summed E-state index contributed by atoms with van der Waals surface area (Å²) in [7, 11) is 0. The Balaban J connectivity index is 2.67. The van der Waals surface area contributed by atoms with Gasteiger partial charge in [-0.3, -0.25) is 0 Å². The normalized spacial score (nSPS) is 10.8. The van der Waals surface area contributed by atoms with Crippen LogP contribution in [0.1, 0.15) is 30.0 Å². The summed E-state index contributed by atoms with van der Waals surface area (Å²) < 4.78 is 1.58. The van der Waals surface area contributed by atoms with Crippen molar-refractivity contribution in [1.29, 1.82) is 0 Å². The Morgan fingerprint density at radius 2 is 2.11 bits per heavy atom. The van der Waals surface area contributed by atoms with E-state index in [0.29, 0.717) is 0 Å². The quantitative estimate of drug-likeness (QED) is 0.889. The number of aromatic nitrogens is 3. The maximum atomic E-state index is 11.0. The first-order valence-corrected chi connectivity index (χ1v) is 5.92. The van der Waals surface area contributed by atoms with Crippen molar-refractivity contribution in [1.82, 2.24) is 14.6 Å². The lowest BCUT2D eigenvalue weighted by Crippen LogP contribution is -2.24. The van der Waals surface area contributed by atoms with Crippen LogP contribution in [-0.2, 0) is 0 Å². The molecule has 6 nitrogen and oxygen atoms in total. The summed E-state index contributed by atoms with van der Waals surface area (Å²) in [4.78, 5) is 17.5. The molecule has 0 atom stereocenters. The predicted molar refractivity (Wildman–Crippen MR) is 68.2 cm³/mol. The third-order valence-electron chi connectivity index (χ3n) is 2.84. The summed E-state index contributed by atoms with van der Waals surface area (Å²) in [6.45, 7) is 7.58. The first-order chi connectivity index (χ1) is 8.56. The molecule has 0 bridgehead atoms. The van der Waals surface area contributed by atoms with E-state index in [-0.39, 0.29) is 5.69 Å². The number of anilines is 1. The molecule has 0 aliphatic carbocycles. The Labute approximate surface area is 105 Å². The monoisotopic (exact) mass is 248 g/mol. The number of aromatic carboxylic acids is 1. The van der Waals surface area contributed by atoms with Gasteiger partial charge >= 0.3 is 5.97 Å². The number of carboxylic acid groups (broad SMARTS) is 1. The van der Waals surface area contributed by atoms with Crippen LogP contribution in [0.25, 0.3) is 5.52 Å². The maximum absolute atomic E-state index is 11.0. The summed E-state index contributed by atoms with van der Waals surface area (Å²) in [6.07, 6.45) is 1.73. The van der Waals surface area contributed by atoms with Gasteiger partial charge in [0.2, 0.25) is 0 Å². The molecule has 0 amide bonds. The standard InChI is InChI=1S/C12H16N4O2/c1-4-15(5-2)11-10-6-9(12(17)18)14-16(10)7-8(3)13-11/h6-7H,4-5H2,1-3H3,(H,17,18). The van der Waals surface area contributed by atoms with E-state index in [2.05, 4.69) is 15.0 Å². The van der Waals surface area contributed by atoms with Gasteiger partial charge in [0.25, 0.3) is 0 Å². The number of nitrogens with zero attached hydrogens (tertiary/aromatic N) is 4. The van der Waals surface area contributed by atoms with Crippen molar-refractivity contribution in [3.63, 3.8) is 0 Å². The smallest absolute Gasteiger partial charge is 0.356 e. The Morgan fingerprint density at radius 3 is 2.67 bits per heavy atom. The van der Waals surface area contributed by atoms with Crippen LogP contribution in [0.2, 0.25) is 0 Å². The van der Waals surface area contributed by atoms with Crippen molar-refractivity contribution >= 4 is 17.3 Å². The molecule has 2 aromatic heterocycles. The highest BCUT2D eigenvalue weighted by molar-refractivity contribution is 5.88. The highest BCUT2D eigenvalue weighted by Gasteiger charge is 2.15. The zero-order valence-electron chi connectivity index (χ0n) is 10.7. The molecule has 0 spiro atoms. The molecule has 1 N–H and O–H groups in total. The molecule has 0 fully saturated rings. The van der Waals surface area contributed by atoms with E-state index in [9.17, 15) is 4.79 Å². The molecule has 2 rings (SSSR count). The summed E-state index contributed by atoms with van der Waals surface area (Å²) in [5.41, 5.74) is 1.57. The average Bonchev–Trinajstić information content (AvgIpc) is 2.74. The number of hydrogen-bond acceptors (Lipinski definition) is 4. The van der Waals surface area contributed by atoms with Crippen molar-refractivity contribution < 1.29 is 9.90 Å². The lowest BCUT2D eigenvalue weighted by atomic mass is 10.3. The van der Waals surface area contributed by atoms with E-state index >= 15 is 0 Å². The topological polar surface area (TPSA) is 70.7 Å². The molecule has 96 valence electrons. The molecular formula is C12H16N4O2. The minimum atomic E-state index is -1.03. The largest absolute Gasteiger partial charge is 0.476 e. The molecule has 0 aromatic carbocycles. The number of carbonyl (C=O) groups is 1. The first kappa shape index (κ1) is 12.3. The van der Waals surface area contributed by atoms with Crippen molar-refractivity contribution in [3.8, 4) is 0 Å². The van der Waals surface area contributed by atoms with Gasteiger partial charge in [0.1, 0.15) is 5.52 Å². The van der Waals surface area contributed by atoms with Gasteiger partial charge in [-0.2, -0.15) is 5.10 Å². The van der Waals surface area contributed by atoms with Crippen LogP contribution in [0.4, 0.5) is 5.82 Å². The SMILES string of the molecule is CCN(CC)c1nc(C)cn2nc(C(=O)O)cc12. The van der Waals surface area contributed by atoms with Crippen LogP contribution >= 0.6 is 0 Å². The minimum absolute atomic E-state index is 0.0378. The molecule has 0 radical (unpaired) electrons. The van der Waals surface area contributed by atoms with Crippen LogP contribution in [0.15, 0.2) is 12.3 Å². The van der Waals surface area contributed by atoms with Crippen molar-refractivity contribution in [2.45, 2.75) is 20.8 Å². The van der Waals surface area contributed by atoms with Crippen molar-refractivity contribution in [2.75, 3.05) is 18.0 Å². The van der Waals surface area contributed by atoms with Gasteiger partial charge in [0.05, 0.1) is 11.9 Å². The number of hydrogen-bond donors (Lipinski definition) is 1. The summed E-state index contributed by atoms with van der Waals surface area (Å²) in [5, 5.41) is 13.0. The van der Waals surface area contributed by atoms with Gasteiger partial charge in [-0.25, -0.2) is 14.3 Å². The minimum Gasteiger partial charge on any atom is -0.476 e. The molecule has 0 aliphatic rings. The summed E-state index contributed by atoms with van der Waals surface area (Å²) in [5.74, 6) is -0.248. The zero-order chi connectivity index (χ0) is 13.3. The fraction of sp³-hybridized carbons (Fsp3) is 0.417. The second-order valence-electron chi connectivity index (χ2n) is 4.04. The van der Waals surface area contributed by atoms with Crippen molar-refractivity contribution in [2.24, 2.45) is 0 Å². The molecule has 0 saturated carbocycles. The Morgan fingerprint density at radius 1 is 1.44 bits per heavy atom. The maximum Gasteiger partial charge on any atom is 0.356 e. The number of aryl methyl sites for hydroxylation is 1. The average molecular weight is 248 g/mol. The molecule has 2 aromatic rings. The Bertz CT molecular complexity index is 587. The third kappa shape index (κ3) is 2.01. The second-order valence-corrected chi connectivity index (χ2v) is 4.04. The van der Waals surface area contributed by atoms with Gasteiger partial charge in [0, 0.05) is 19.2 Å². The molecule has 6 heteroatoms. The zero-order valence-corrected chi connectivity index (χ0v) is 10.7. The van der Waals surface area contributed by atoms with Gasteiger partial charge in [-0.05, 0) is 20.8 Å². The second kappa shape index (κ2) is 4.64. The summed E-state index contributed by atoms with van der Waals surface area (Å²) >= 11 is 0. The van der Waals surface area contributed by atoms with Crippen LogP contribution < -0.4 is 4.90 Å². The number of rotatable bonds is 4. The van der Waals surface area contributed by atoms with E-state index in [0.717, 1.165) is 30.1 Å². The molecule has 2 heterocycles. The van der Waals surface area contributed by atoms with E-state index in [1.807, 2.05) is 20.8 Å². The highest BCUT2D eigenvalue weighted by atomic mass is 16.4. The van der Waals surface area contributed by atoms with Gasteiger partial charge in [-0.1, -0.05) is 0 Å². The number of fused-ring (bicyclic) bond motifs is 1. The van der Waals surface area contributed by atoms with Crippen molar-refractivity contribution in [3.05, 3.63) is 23.7 Å². The van der Waals surface area contributed by atoms with Crippen LogP contribution in [0, 0.1) is 6.92 Å². The van der Waals surface area contributed by atoms with Gasteiger partial charge in [-0.15, -0.1) is 0 Å². The summed E-state index contributed by atoms with van der Waals surface area (Å²) in [6, 6.07) is 1.56. The van der Waals surface area contributed by atoms with Crippen LogP contribution in [0.3, 0.4) is 0 Å². The van der Waals surface area contributed by atoms with Gasteiger partial charge in [0.15, 0.2) is 11.5 Å².